The highest BCUT2D eigenvalue weighted by Crippen LogP contribution is 2.15. The number of alkyl halides is 2. The normalized spacial score (nSPS) is 11.4. The second kappa shape index (κ2) is 6.67. The first-order valence-electron chi connectivity index (χ1n) is 4.57. The van der Waals surface area contributed by atoms with Gasteiger partial charge in [0.2, 0.25) is 0 Å². The molecule has 0 saturated carbocycles. The average molecular weight is 210 g/mol. The Morgan fingerprint density at radius 2 is 2.07 bits per heavy atom. The Balaban J connectivity index is 3.60. The quantitative estimate of drug-likeness (QED) is 0.287. The Morgan fingerprint density at radius 3 is 2.57 bits per heavy atom. The van der Waals surface area contributed by atoms with E-state index in [0.717, 1.165) is 19.3 Å². The maximum Gasteiger partial charge on any atom is 0.437 e. The number of carbonyl (C=O) groups is 1. The standard InChI is InChI=1S/C8H16F2N2O2/c1-2-3-4-5-6-14-8(9,10)7(13)12-11/h2-6,11H2,1H3,(H,12,13). The number of ether oxygens (including phenoxy) is 1. The van der Waals surface area contributed by atoms with Gasteiger partial charge in [-0.2, -0.15) is 8.78 Å². The summed E-state index contributed by atoms with van der Waals surface area (Å²) in [5.41, 5.74) is 1.34. The van der Waals surface area contributed by atoms with Gasteiger partial charge in [-0.25, -0.2) is 5.84 Å². The van der Waals surface area contributed by atoms with E-state index in [1.807, 2.05) is 6.92 Å². The molecule has 0 unspecified atom stereocenters. The number of hydrazine groups is 1. The van der Waals surface area contributed by atoms with E-state index in [4.69, 9.17) is 0 Å². The van der Waals surface area contributed by atoms with Gasteiger partial charge in [0.15, 0.2) is 0 Å². The van der Waals surface area contributed by atoms with Crippen LogP contribution in [0.25, 0.3) is 0 Å². The van der Waals surface area contributed by atoms with E-state index >= 15 is 0 Å². The van der Waals surface area contributed by atoms with Crippen molar-refractivity contribution in [2.24, 2.45) is 5.84 Å². The van der Waals surface area contributed by atoms with Crippen molar-refractivity contribution in [3.05, 3.63) is 0 Å². The first-order chi connectivity index (χ1) is 6.54. The van der Waals surface area contributed by atoms with E-state index in [1.54, 1.807) is 0 Å². The van der Waals surface area contributed by atoms with E-state index in [1.165, 1.54) is 5.43 Å². The Labute approximate surface area is 81.8 Å². The molecule has 0 radical (unpaired) electrons. The summed E-state index contributed by atoms with van der Waals surface area (Å²) in [6, 6.07) is 0. The molecule has 0 saturated heterocycles. The minimum absolute atomic E-state index is 0.138. The smallest absolute Gasteiger partial charge is 0.313 e. The van der Waals surface area contributed by atoms with Gasteiger partial charge < -0.3 is 4.74 Å². The lowest BCUT2D eigenvalue weighted by Crippen LogP contribution is -2.45. The minimum atomic E-state index is -3.82. The van der Waals surface area contributed by atoms with Gasteiger partial charge in [-0.3, -0.25) is 10.2 Å². The molecule has 0 aliphatic rings. The molecule has 0 bridgehead atoms. The van der Waals surface area contributed by atoms with Crippen LogP contribution >= 0.6 is 0 Å². The lowest BCUT2D eigenvalue weighted by Gasteiger charge is -2.14. The summed E-state index contributed by atoms with van der Waals surface area (Å²) in [5.74, 6) is 2.93. The molecule has 1 amide bonds. The summed E-state index contributed by atoms with van der Waals surface area (Å²) in [7, 11) is 0. The highest BCUT2D eigenvalue weighted by atomic mass is 19.3. The third kappa shape index (κ3) is 5.08. The van der Waals surface area contributed by atoms with E-state index in [0.29, 0.717) is 6.42 Å². The summed E-state index contributed by atoms with van der Waals surface area (Å²) in [6.45, 7) is 1.87. The average Bonchev–Trinajstić information content (AvgIpc) is 2.16. The Morgan fingerprint density at radius 1 is 1.43 bits per heavy atom. The molecular weight excluding hydrogens is 194 g/mol. The van der Waals surface area contributed by atoms with E-state index in [9.17, 15) is 13.6 Å². The molecule has 0 aromatic carbocycles. The van der Waals surface area contributed by atoms with Crippen LogP contribution in [-0.4, -0.2) is 18.6 Å². The molecule has 0 aromatic rings. The van der Waals surface area contributed by atoms with E-state index in [-0.39, 0.29) is 6.61 Å². The monoisotopic (exact) mass is 210 g/mol. The maximum atomic E-state index is 12.6. The molecule has 0 aromatic heterocycles. The Kier molecular flexibility index (Phi) is 6.31. The van der Waals surface area contributed by atoms with Crippen molar-refractivity contribution in [2.45, 2.75) is 38.7 Å². The van der Waals surface area contributed by atoms with Crippen LogP contribution in [0.2, 0.25) is 0 Å². The molecule has 0 spiro atoms. The summed E-state index contributed by atoms with van der Waals surface area (Å²) >= 11 is 0. The highest BCUT2D eigenvalue weighted by Gasteiger charge is 2.39. The number of hydrogen-bond donors (Lipinski definition) is 2. The maximum absolute atomic E-state index is 12.6. The van der Waals surface area contributed by atoms with Crippen molar-refractivity contribution in [3.8, 4) is 0 Å². The topological polar surface area (TPSA) is 64.3 Å². The number of amides is 1. The van der Waals surface area contributed by atoms with Crippen LogP contribution < -0.4 is 11.3 Å². The highest BCUT2D eigenvalue weighted by molar-refractivity contribution is 5.81. The molecule has 0 heterocycles. The molecule has 6 heteroatoms. The predicted molar refractivity (Wildman–Crippen MR) is 47.4 cm³/mol. The van der Waals surface area contributed by atoms with Crippen LogP contribution in [0.15, 0.2) is 0 Å². The molecule has 0 aliphatic heterocycles. The predicted octanol–water partition coefficient (Wildman–Crippen LogP) is 1.17. The van der Waals surface area contributed by atoms with Gasteiger partial charge in [0.1, 0.15) is 0 Å². The molecular formula is C8H16F2N2O2. The van der Waals surface area contributed by atoms with Gasteiger partial charge in [-0.05, 0) is 6.42 Å². The molecule has 4 nitrogen and oxygen atoms in total. The van der Waals surface area contributed by atoms with Crippen LogP contribution in [0, 0.1) is 0 Å². The van der Waals surface area contributed by atoms with Crippen molar-refractivity contribution >= 4 is 5.91 Å². The zero-order chi connectivity index (χ0) is 11.0. The van der Waals surface area contributed by atoms with Crippen LogP contribution in [0.1, 0.15) is 32.6 Å². The Hall–Kier alpha value is -0.750. The van der Waals surface area contributed by atoms with Crippen molar-refractivity contribution in [1.29, 1.82) is 0 Å². The fourth-order valence-electron chi connectivity index (χ4n) is 0.879. The SMILES string of the molecule is CCCCCCOC(F)(F)C(=O)NN. The van der Waals surface area contributed by atoms with Gasteiger partial charge in [-0.1, -0.05) is 26.2 Å². The fourth-order valence-corrected chi connectivity index (χ4v) is 0.879. The summed E-state index contributed by atoms with van der Waals surface area (Å²) in [4.78, 5) is 10.4. The van der Waals surface area contributed by atoms with Crippen LogP contribution in [0.4, 0.5) is 8.78 Å². The zero-order valence-electron chi connectivity index (χ0n) is 8.19. The van der Waals surface area contributed by atoms with Gasteiger partial charge in [0.25, 0.3) is 0 Å². The van der Waals surface area contributed by atoms with E-state index < -0.39 is 12.0 Å². The number of hydrogen-bond acceptors (Lipinski definition) is 3. The van der Waals surface area contributed by atoms with Gasteiger partial charge >= 0.3 is 12.0 Å². The number of unbranched alkanes of at least 4 members (excludes halogenated alkanes) is 3. The first kappa shape index (κ1) is 13.2. The molecule has 0 fully saturated rings. The number of nitrogens with two attached hydrogens (primary N) is 1. The summed E-state index contributed by atoms with van der Waals surface area (Å²) in [5, 5.41) is 0. The third-order valence-corrected chi connectivity index (χ3v) is 1.68. The van der Waals surface area contributed by atoms with Crippen molar-refractivity contribution in [1.82, 2.24) is 5.43 Å². The summed E-state index contributed by atoms with van der Waals surface area (Å²) < 4.78 is 29.3. The molecule has 14 heavy (non-hydrogen) atoms. The molecule has 0 rings (SSSR count). The molecule has 3 N–H and O–H groups in total. The molecule has 84 valence electrons. The van der Waals surface area contributed by atoms with Crippen molar-refractivity contribution in [2.75, 3.05) is 6.61 Å². The number of nitrogens with one attached hydrogen (secondary N) is 1. The first-order valence-corrected chi connectivity index (χ1v) is 4.57. The lowest BCUT2D eigenvalue weighted by molar-refractivity contribution is -0.231. The van der Waals surface area contributed by atoms with Crippen LogP contribution in [0.5, 0.6) is 0 Å². The van der Waals surface area contributed by atoms with Crippen LogP contribution in [0.3, 0.4) is 0 Å². The third-order valence-electron chi connectivity index (χ3n) is 1.68. The van der Waals surface area contributed by atoms with Gasteiger partial charge in [0, 0.05) is 0 Å². The zero-order valence-corrected chi connectivity index (χ0v) is 8.19. The fraction of sp³-hybridized carbons (Fsp3) is 0.875. The Bertz CT molecular complexity index is 177. The van der Waals surface area contributed by atoms with Gasteiger partial charge in [-0.15, -0.1) is 0 Å². The number of carbonyl (C=O) groups excluding carboxylic acids is 1. The number of halogens is 2. The lowest BCUT2D eigenvalue weighted by atomic mass is 10.2. The van der Waals surface area contributed by atoms with Gasteiger partial charge in [0.05, 0.1) is 6.61 Å². The summed E-state index contributed by atoms with van der Waals surface area (Å²) in [6.07, 6.45) is -0.503. The second-order valence-corrected chi connectivity index (χ2v) is 2.90. The van der Waals surface area contributed by atoms with E-state index in [2.05, 4.69) is 10.6 Å². The number of rotatable bonds is 7. The van der Waals surface area contributed by atoms with Crippen molar-refractivity contribution < 1.29 is 18.3 Å². The largest absolute Gasteiger partial charge is 0.437 e. The molecule has 0 atom stereocenters. The second-order valence-electron chi connectivity index (χ2n) is 2.90. The minimum Gasteiger partial charge on any atom is -0.313 e. The molecule has 0 aliphatic carbocycles. The van der Waals surface area contributed by atoms with Crippen LogP contribution in [-0.2, 0) is 9.53 Å². The van der Waals surface area contributed by atoms with Crippen molar-refractivity contribution in [3.63, 3.8) is 0 Å².